The van der Waals surface area contributed by atoms with E-state index in [2.05, 4.69) is 20.9 Å². The predicted octanol–water partition coefficient (Wildman–Crippen LogP) is 3.04. The lowest BCUT2D eigenvalue weighted by atomic mass is 10.2. The number of nitrogens with two attached hydrogens (primary N) is 1. The van der Waals surface area contributed by atoms with Gasteiger partial charge in [-0.05, 0) is 42.8 Å². The third kappa shape index (κ3) is 2.68. The first-order valence-corrected chi connectivity index (χ1v) is 6.06. The van der Waals surface area contributed by atoms with E-state index in [-0.39, 0.29) is 11.4 Å². The normalized spacial score (nSPS) is 10.1. The fraction of sp³-hybridized carbons (Fsp3) is 0.0769. The van der Waals surface area contributed by atoms with Crippen molar-refractivity contribution in [3.05, 3.63) is 52.1 Å². The van der Waals surface area contributed by atoms with E-state index in [1.165, 1.54) is 0 Å². The van der Waals surface area contributed by atoms with Crippen LogP contribution in [0.25, 0.3) is 0 Å². The molecule has 92 valence electrons. The molecular weight excluding hydrogens is 296 g/mol. The van der Waals surface area contributed by atoms with Gasteiger partial charge in [-0.3, -0.25) is 4.79 Å². The topological polar surface area (TPSA) is 65.2 Å². The van der Waals surface area contributed by atoms with Crippen LogP contribution >= 0.6 is 15.9 Å². The second kappa shape index (κ2) is 5.18. The fourth-order valence-electron chi connectivity index (χ4n) is 1.49. The van der Waals surface area contributed by atoms with E-state index in [0.717, 1.165) is 10.0 Å². The first kappa shape index (κ1) is 12.6. The van der Waals surface area contributed by atoms with Gasteiger partial charge in [-0.25, -0.2) is 4.98 Å². The molecule has 0 bridgehead atoms. The van der Waals surface area contributed by atoms with Crippen LogP contribution in [0.15, 0.2) is 41.0 Å². The first-order valence-electron chi connectivity index (χ1n) is 5.27. The molecule has 0 aliphatic carbocycles. The van der Waals surface area contributed by atoms with Crippen molar-refractivity contribution >= 4 is 21.8 Å². The molecule has 1 heterocycles. The highest BCUT2D eigenvalue weighted by Crippen LogP contribution is 2.27. The molecule has 0 unspecified atom stereocenters. The zero-order valence-electron chi connectivity index (χ0n) is 9.68. The lowest BCUT2D eigenvalue weighted by Crippen LogP contribution is -2.12. The van der Waals surface area contributed by atoms with E-state index in [4.69, 9.17) is 10.5 Å². The highest BCUT2D eigenvalue weighted by atomic mass is 79.9. The maximum Gasteiger partial charge on any atom is 0.254 e. The second-order valence-corrected chi connectivity index (χ2v) is 4.65. The number of aryl methyl sites for hydroxylation is 1. The smallest absolute Gasteiger partial charge is 0.254 e. The molecule has 0 saturated carbocycles. The quantitative estimate of drug-likeness (QED) is 0.948. The van der Waals surface area contributed by atoms with Gasteiger partial charge in [0.25, 0.3) is 5.91 Å². The van der Waals surface area contributed by atoms with E-state index in [1.54, 1.807) is 24.4 Å². The molecule has 0 fully saturated rings. The number of nitrogens with zero attached hydrogens (tertiary/aromatic N) is 1. The summed E-state index contributed by atoms with van der Waals surface area (Å²) >= 11 is 3.37. The number of benzene rings is 1. The minimum Gasteiger partial charge on any atom is -0.438 e. The SMILES string of the molecule is Cc1cc(Br)ccc1Oc1ncccc1C(N)=O. The number of pyridine rings is 1. The largest absolute Gasteiger partial charge is 0.438 e. The monoisotopic (exact) mass is 306 g/mol. The van der Waals surface area contributed by atoms with E-state index in [9.17, 15) is 4.79 Å². The number of carbonyl (C=O) groups is 1. The van der Waals surface area contributed by atoms with E-state index in [1.807, 2.05) is 19.1 Å². The Morgan fingerprint density at radius 3 is 2.83 bits per heavy atom. The summed E-state index contributed by atoms with van der Waals surface area (Å²) in [5, 5.41) is 0. The summed E-state index contributed by atoms with van der Waals surface area (Å²) < 4.78 is 6.59. The van der Waals surface area contributed by atoms with Gasteiger partial charge in [0.05, 0.1) is 0 Å². The second-order valence-electron chi connectivity index (χ2n) is 3.73. The molecule has 4 nitrogen and oxygen atoms in total. The van der Waals surface area contributed by atoms with Crippen molar-refractivity contribution in [3.8, 4) is 11.6 Å². The zero-order chi connectivity index (χ0) is 13.1. The molecule has 1 aromatic carbocycles. The zero-order valence-corrected chi connectivity index (χ0v) is 11.3. The minimum atomic E-state index is -0.562. The Kier molecular flexibility index (Phi) is 3.62. The van der Waals surface area contributed by atoms with Crippen molar-refractivity contribution in [2.75, 3.05) is 0 Å². The number of primary amides is 1. The number of aromatic nitrogens is 1. The molecule has 0 aliphatic rings. The van der Waals surface area contributed by atoms with E-state index < -0.39 is 5.91 Å². The summed E-state index contributed by atoms with van der Waals surface area (Å²) in [5.74, 6) is 0.294. The third-order valence-electron chi connectivity index (χ3n) is 2.38. The average molecular weight is 307 g/mol. The number of carbonyl (C=O) groups excluding carboxylic acids is 1. The number of hydrogen-bond donors (Lipinski definition) is 1. The fourth-order valence-corrected chi connectivity index (χ4v) is 1.97. The highest BCUT2D eigenvalue weighted by molar-refractivity contribution is 9.10. The minimum absolute atomic E-state index is 0.218. The van der Waals surface area contributed by atoms with E-state index >= 15 is 0 Å². The van der Waals surface area contributed by atoms with Gasteiger partial charge in [0, 0.05) is 10.7 Å². The molecular formula is C13H11BrN2O2. The molecule has 1 aromatic heterocycles. The molecule has 0 aliphatic heterocycles. The van der Waals surface area contributed by atoms with Gasteiger partial charge >= 0.3 is 0 Å². The van der Waals surface area contributed by atoms with Crippen LogP contribution in [0, 0.1) is 6.92 Å². The highest BCUT2D eigenvalue weighted by Gasteiger charge is 2.11. The molecule has 0 radical (unpaired) electrons. The van der Waals surface area contributed by atoms with Crippen LogP contribution in [-0.4, -0.2) is 10.9 Å². The summed E-state index contributed by atoms with van der Waals surface area (Å²) in [5.41, 5.74) is 6.46. The van der Waals surface area contributed by atoms with Crippen LogP contribution in [0.2, 0.25) is 0 Å². The van der Waals surface area contributed by atoms with Gasteiger partial charge < -0.3 is 10.5 Å². The Morgan fingerprint density at radius 1 is 1.39 bits per heavy atom. The Hall–Kier alpha value is -1.88. The Labute approximate surface area is 113 Å². The van der Waals surface area contributed by atoms with Gasteiger partial charge in [-0.15, -0.1) is 0 Å². The summed E-state index contributed by atoms with van der Waals surface area (Å²) in [4.78, 5) is 15.3. The molecule has 2 rings (SSSR count). The number of ether oxygens (including phenoxy) is 1. The van der Waals surface area contributed by atoms with E-state index in [0.29, 0.717) is 5.75 Å². The van der Waals surface area contributed by atoms with Crippen molar-refractivity contribution in [2.45, 2.75) is 6.92 Å². The number of rotatable bonds is 3. The van der Waals surface area contributed by atoms with Gasteiger partial charge in [-0.1, -0.05) is 15.9 Å². The lowest BCUT2D eigenvalue weighted by molar-refractivity contribution is 0.0997. The lowest BCUT2D eigenvalue weighted by Gasteiger charge is -2.10. The molecule has 5 heteroatoms. The molecule has 0 spiro atoms. The number of amides is 1. The van der Waals surface area contributed by atoms with Gasteiger partial charge in [-0.2, -0.15) is 0 Å². The summed E-state index contributed by atoms with van der Waals surface area (Å²) in [6.07, 6.45) is 1.55. The molecule has 18 heavy (non-hydrogen) atoms. The maximum absolute atomic E-state index is 11.2. The average Bonchev–Trinajstić information content (AvgIpc) is 2.33. The van der Waals surface area contributed by atoms with Crippen LogP contribution < -0.4 is 10.5 Å². The molecule has 2 N–H and O–H groups in total. The van der Waals surface area contributed by atoms with Crippen molar-refractivity contribution in [1.82, 2.24) is 4.98 Å². The van der Waals surface area contributed by atoms with Crippen LogP contribution in [-0.2, 0) is 0 Å². The van der Waals surface area contributed by atoms with Crippen LogP contribution in [0.5, 0.6) is 11.6 Å². The van der Waals surface area contributed by atoms with Crippen LogP contribution in [0.1, 0.15) is 15.9 Å². The van der Waals surface area contributed by atoms with Gasteiger partial charge in [0.2, 0.25) is 5.88 Å². The molecule has 0 saturated heterocycles. The maximum atomic E-state index is 11.2. The van der Waals surface area contributed by atoms with Crippen LogP contribution in [0.3, 0.4) is 0 Å². The molecule has 2 aromatic rings. The summed E-state index contributed by atoms with van der Waals surface area (Å²) in [7, 11) is 0. The first-order chi connectivity index (χ1) is 8.58. The summed E-state index contributed by atoms with van der Waals surface area (Å²) in [6, 6.07) is 8.80. The third-order valence-corrected chi connectivity index (χ3v) is 2.87. The number of hydrogen-bond acceptors (Lipinski definition) is 3. The standard InChI is InChI=1S/C13H11BrN2O2/c1-8-7-9(14)4-5-11(8)18-13-10(12(15)17)3-2-6-16-13/h2-7H,1H3,(H2,15,17). The van der Waals surface area contributed by atoms with Gasteiger partial charge in [0.1, 0.15) is 11.3 Å². The van der Waals surface area contributed by atoms with Crippen molar-refractivity contribution < 1.29 is 9.53 Å². The molecule has 1 amide bonds. The Morgan fingerprint density at radius 2 is 2.17 bits per heavy atom. The predicted molar refractivity (Wildman–Crippen MR) is 71.7 cm³/mol. The van der Waals surface area contributed by atoms with Crippen molar-refractivity contribution in [3.63, 3.8) is 0 Å². The number of halogens is 1. The Balaban J connectivity index is 2.37. The molecule has 0 atom stereocenters. The van der Waals surface area contributed by atoms with Crippen LogP contribution in [0.4, 0.5) is 0 Å². The van der Waals surface area contributed by atoms with Crippen molar-refractivity contribution in [2.24, 2.45) is 5.73 Å². The van der Waals surface area contributed by atoms with Gasteiger partial charge in [0.15, 0.2) is 0 Å². The van der Waals surface area contributed by atoms with Crippen molar-refractivity contribution in [1.29, 1.82) is 0 Å². The Bertz CT molecular complexity index is 599. The summed E-state index contributed by atoms with van der Waals surface area (Å²) in [6.45, 7) is 1.91.